The Morgan fingerprint density at radius 1 is 1.38 bits per heavy atom. The van der Waals surface area contributed by atoms with E-state index < -0.39 is 0 Å². The number of aromatic amines is 1. The third-order valence-electron chi connectivity index (χ3n) is 2.67. The van der Waals surface area contributed by atoms with E-state index in [9.17, 15) is 0 Å². The largest absolute Gasteiger partial charge is 0.465 e. The topological polar surface area (TPSA) is 88.6 Å². The number of hydrogen-bond acceptors (Lipinski definition) is 7. The van der Waals surface area contributed by atoms with Crippen molar-refractivity contribution in [2.24, 2.45) is 0 Å². The first-order chi connectivity index (χ1) is 10.3. The van der Waals surface area contributed by atoms with Crippen molar-refractivity contribution in [1.82, 2.24) is 24.9 Å². The molecule has 3 heterocycles. The summed E-state index contributed by atoms with van der Waals surface area (Å²) in [5, 5.41) is 5.29. The Hall–Kier alpha value is -1.93. The predicted octanol–water partition coefficient (Wildman–Crippen LogP) is 2.86. The molecule has 110 valence electrons. The fourth-order valence-corrected chi connectivity index (χ4v) is 2.47. The molecule has 9 heteroatoms. The number of halogens is 1. The minimum Gasteiger partial charge on any atom is -0.465 e. The lowest BCUT2D eigenvalue weighted by molar-refractivity contribution is 0.296. The Morgan fingerprint density at radius 3 is 3.05 bits per heavy atom. The number of aromatic nitrogens is 5. The summed E-state index contributed by atoms with van der Waals surface area (Å²) in [6.45, 7) is 3.17. The van der Waals surface area contributed by atoms with Gasteiger partial charge in [-0.25, -0.2) is 4.98 Å². The summed E-state index contributed by atoms with van der Waals surface area (Å²) in [6, 6.07) is 0.417. The van der Waals surface area contributed by atoms with Gasteiger partial charge >= 0.3 is 0 Å². The fourth-order valence-electron chi connectivity index (χ4n) is 1.74. The van der Waals surface area contributed by atoms with E-state index in [1.807, 2.05) is 12.3 Å². The summed E-state index contributed by atoms with van der Waals surface area (Å²) in [7, 11) is 0. The van der Waals surface area contributed by atoms with E-state index in [1.165, 1.54) is 0 Å². The molecule has 0 radical (unpaired) electrons. The number of hydrogen-bond donors (Lipinski definition) is 2. The zero-order valence-corrected chi connectivity index (χ0v) is 12.8. The Morgan fingerprint density at radius 2 is 2.29 bits per heavy atom. The monoisotopic (exact) mass is 324 g/mol. The van der Waals surface area contributed by atoms with Crippen molar-refractivity contribution < 1.29 is 4.74 Å². The molecule has 3 aromatic heterocycles. The van der Waals surface area contributed by atoms with Gasteiger partial charge in [-0.2, -0.15) is 15.0 Å². The average Bonchev–Trinajstić information content (AvgIpc) is 3.11. The van der Waals surface area contributed by atoms with Crippen molar-refractivity contribution in [2.45, 2.75) is 19.9 Å². The highest BCUT2D eigenvalue weighted by Crippen LogP contribution is 2.23. The number of anilines is 1. The van der Waals surface area contributed by atoms with Crippen LogP contribution < -0.4 is 10.1 Å². The van der Waals surface area contributed by atoms with E-state index >= 15 is 0 Å². The molecule has 7 nitrogen and oxygen atoms in total. The van der Waals surface area contributed by atoms with Gasteiger partial charge in [-0.05, 0) is 18.0 Å². The van der Waals surface area contributed by atoms with E-state index in [0.29, 0.717) is 36.1 Å². The average molecular weight is 325 g/mol. The molecule has 0 aromatic carbocycles. The van der Waals surface area contributed by atoms with Crippen molar-refractivity contribution in [3.63, 3.8) is 0 Å². The second kappa shape index (κ2) is 6.23. The third-order valence-corrected chi connectivity index (χ3v) is 3.47. The number of thiazole rings is 1. The molecule has 0 atom stereocenters. The van der Waals surface area contributed by atoms with Crippen LogP contribution in [-0.4, -0.2) is 31.5 Å². The van der Waals surface area contributed by atoms with Gasteiger partial charge in [0, 0.05) is 5.38 Å². The minimum atomic E-state index is 0.136. The lowest BCUT2D eigenvalue weighted by Crippen LogP contribution is -2.03. The zero-order valence-electron chi connectivity index (χ0n) is 11.3. The lowest BCUT2D eigenvalue weighted by Gasteiger charge is -2.04. The van der Waals surface area contributed by atoms with Crippen LogP contribution in [0.15, 0.2) is 10.9 Å². The van der Waals surface area contributed by atoms with Crippen LogP contribution in [0.3, 0.4) is 0 Å². The van der Waals surface area contributed by atoms with Crippen LogP contribution in [0.5, 0.6) is 6.01 Å². The molecule has 0 aliphatic carbocycles. The normalized spacial score (nSPS) is 11.0. The number of imidazole rings is 1. The van der Waals surface area contributed by atoms with Crippen LogP contribution in [-0.2, 0) is 6.54 Å². The summed E-state index contributed by atoms with van der Waals surface area (Å²) < 4.78 is 5.47. The van der Waals surface area contributed by atoms with Crippen LogP contribution in [0.2, 0.25) is 5.28 Å². The van der Waals surface area contributed by atoms with E-state index in [-0.39, 0.29) is 5.28 Å². The predicted molar refractivity (Wildman–Crippen MR) is 81.9 cm³/mol. The van der Waals surface area contributed by atoms with Gasteiger partial charge in [0.1, 0.15) is 5.52 Å². The van der Waals surface area contributed by atoms with Crippen molar-refractivity contribution in [3.05, 3.63) is 21.9 Å². The Kier molecular flexibility index (Phi) is 4.16. The molecule has 0 bridgehead atoms. The Labute approximate surface area is 129 Å². The summed E-state index contributed by atoms with van der Waals surface area (Å²) in [4.78, 5) is 19.8. The molecule has 0 spiro atoms. The maximum Gasteiger partial charge on any atom is 0.296 e. The number of fused-ring (bicyclic) bond motifs is 1. The van der Waals surface area contributed by atoms with Crippen molar-refractivity contribution in [1.29, 1.82) is 0 Å². The van der Waals surface area contributed by atoms with Gasteiger partial charge in [-0.3, -0.25) is 0 Å². The zero-order chi connectivity index (χ0) is 14.7. The van der Waals surface area contributed by atoms with Crippen LogP contribution in [0.1, 0.15) is 19.0 Å². The van der Waals surface area contributed by atoms with Gasteiger partial charge < -0.3 is 15.0 Å². The van der Waals surface area contributed by atoms with Crippen molar-refractivity contribution in [3.8, 4) is 6.01 Å². The highest BCUT2D eigenvalue weighted by molar-refractivity contribution is 7.07. The molecule has 0 aliphatic rings. The molecule has 0 amide bonds. The highest BCUT2D eigenvalue weighted by Gasteiger charge is 2.12. The molecular weight excluding hydrogens is 312 g/mol. The van der Waals surface area contributed by atoms with Gasteiger partial charge in [0.05, 0.1) is 24.4 Å². The third kappa shape index (κ3) is 3.22. The van der Waals surface area contributed by atoms with Crippen molar-refractivity contribution in [2.75, 3.05) is 11.9 Å². The summed E-state index contributed by atoms with van der Waals surface area (Å²) in [6.07, 6.45) is 0.901. The SMILES string of the molecule is CCCOc1nc2nc(Cl)nc(NCc3cscn3)c2[nH]1. The summed E-state index contributed by atoms with van der Waals surface area (Å²) >= 11 is 7.47. The lowest BCUT2D eigenvalue weighted by atomic mass is 10.4. The molecule has 0 fully saturated rings. The standard InChI is InChI=1S/C12H13ClN6OS/c1-2-3-20-12-16-8-9(14-4-7-5-21-6-15-7)17-11(13)18-10(8)19-12/h5-6H,2-4H2,1H3,(H2,14,16,17,18,19). The molecule has 2 N–H and O–H groups in total. The van der Waals surface area contributed by atoms with Gasteiger partial charge in [0.25, 0.3) is 6.01 Å². The maximum atomic E-state index is 5.93. The Balaban J connectivity index is 1.87. The number of ether oxygens (including phenoxy) is 1. The minimum absolute atomic E-state index is 0.136. The molecule has 0 saturated heterocycles. The molecule has 0 saturated carbocycles. The molecule has 0 aliphatic heterocycles. The van der Waals surface area contributed by atoms with E-state index in [4.69, 9.17) is 16.3 Å². The molecule has 21 heavy (non-hydrogen) atoms. The van der Waals surface area contributed by atoms with E-state index in [0.717, 1.165) is 12.1 Å². The molecular formula is C12H13ClN6OS. The molecule has 3 aromatic rings. The van der Waals surface area contributed by atoms with Crippen molar-refractivity contribution >= 4 is 39.9 Å². The summed E-state index contributed by atoms with van der Waals surface area (Å²) in [5.74, 6) is 0.580. The van der Waals surface area contributed by atoms with Gasteiger partial charge in [0.2, 0.25) is 5.28 Å². The smallest absolute Gasteiger partial charge is 0.296 e. The van der Waals surface area contributed by atoms with Gasteiger partial charge in [-0.1, -0.05) is 6.92 Å². The fraction of sp³-hybridized carbons (Fsp3) is 0.333. The first-order valence-corrected chi connectivity index (χ1v) is 7.75. The van der Waals surface area contributed by atoms with E-state index in [2.05, 4.69) is 30.2 Å². The quantitative estimate of drug-likeness (QED) is 0.678. The van der Waals surface area contributed by atoms with Crippen LogP contribution in [0.4, 0.5) is 5.82 Å². The second-order valence-corrected chi connectivity index (χ2v) is 5.32. The number of H-pyrrole nitrogens is 1. The number of nitrogens with zero attached hydrogens (tertiary/aromatic N) is 4. The first-order valence-electron chi connectivity index (χ1n) is 6.43. The van der Waals surface area contributed by atoms with E-state index in [1.54, 1.807) is 16.8 Å². The highest BCUT2D eigenvalue weighted by atomic mass is 35.5. The Bertz CT molecular complexity index is 729. The molecule has 0 unspecified atom stereocenters. The van der Waals surface area contributed by atoms with Gasteiger partial charge in [-0.15, -0.1) is 11.3 Å². The van der Waals surface area contributed by atoms with Crippen LogP contribution in [0, 0.1) is 0 Å². The van der Waals surface area contributed by atoms with Crippen LogP contribution in [0.25, 0.3) is 11.2 Å². The van der Waals surface area contributed by atoms with Crippen LogP contribution >= 0.6 is 22.9 Å². The first kappa shape index (κ1) is 14.0. The second-order valence-electron chi connectivity index (χ2n) is 4.26. The number of rotatable bonds is 6. The summed E-state index contributed by atoms with van der Waals surface area (Å²) in [5.41, 5.74) is 3.86. The van der Waals surface area contributed by atoms with Gasteiger partial charge in [0.15, 0.2) is 11.5 Å². The maximum absolute atomic E-state index is 5.93. The number of nitrogens with one attached hydrogen (secondary N) is 2. The molecule has 3 rings (SSSR count).